The third-order valence-electron chi connectivity index (χ3n) is 4.37. The third-order valence-corrected chi connectivity index (χ3v) is 4.37. The largest absolute Gasteiger partial charge is 0.462 e. The number of carbonyl (C=O) groups excluding carboxylic acids is 2. The second-order valence-corrected chi connectivity index (χ2v) is 6.16. The van der Waals surface area contributed by atoms with Crippen molar-refractivity contribution in [2.75, 3.05) is 18.6 Å². The van der Waals surface area contributed by atoms with E-state index in [1.54, 1.807) is 0 Å². The first-order valence-electron chi connectivity index (χ1n) is 8.73. The van der Waals surface area contributed by atoms with E-state index in [-0.39, 0.29) is 24.2 Å². The molecule has 28 heavy (non-hydrogen) atoms. The molecule has 2 aromatic heterocycles. The van der Waals surface area contributed by atoms with Crippen molar-refractivity contribution in [3.63, 3.8) is 0 Å². The van der Waals surface area contributed by atoms with Crippen LogP contribution in [0.5, 0.6) is 0 Å². The van der Waals surface area contributed by atoms with Gasteiger partial charge in [0.2, 0.25) is 5.91 Å². The van der Waals surface area contributed by atoms with Gasteiger partial charge >= 0.3 is 17.9 Å². The highest BCUT2D eigenvalue weighted by Crippen LogP contribution is 2.22. The second kappa shape index (κ2) is 8.39. The summed E-state index contributed by atoms with van der Waals surface area (Å²) in [4.78, 5) is 25.6. The Bertz CT molecular complexity index is 1040. The molecule has 0 unspecified atom stereocenters. The van der Waals surface area contributed by atoms with E-state index in [2.05, 4.69) is 20.9 Å². The van der Waals surface area contributed by atoms with Crippen LogP contribution in [0.25, 0.3) is 10.9 Å². The summed E-state index contributed by atoms with van der Waals surface area (Å²) in [6, 6.07) is 7.98. The Morgan fingerprint density at radius 3 is 2.86 bits per heavy atom. The van der Waals surface area contributed by atoms with Crippen LogP contribution in [0.2, 0.25) is 0 Å². The monoisotopic (exact) mass is 380 g/mol. The lowest BCUT2D eigenvalue weighted by atomic mass is 10.1. The average molecular weight is 380 g/mol. The SMILES string of the molecule is C#CCCC(=O)N(CCc1cn(C)c2ccccc12)c1nnc(C(=O)OC)o1. The standard InChI is InChI=1S/C20H20N4O4/c1-4-5-10-17(25)24(20-22-21-18(28-20)19(26)27-3)12-11-14-13-23(2)16-9-7-6-8-15(14)16/h1,6-9,13H,5,10-12H2,2-3H3. The molecule has 1 aromatic carbocycles. The first-order chi connectivity index (χ1) is 13.5. The van der Waals surface area contributed by atoms with E-state index in [1.165, 1.54) is 12.0 Å². The number of benzene rings is 1. The van der Waals surface area contributed by atoms with Crippen LogP contribution in [0.4, 0.5) is 6.01 Å². The summed E-state index contributed by atoms with van der Waals surface area (Å²) in [6.07, 6.45) is 8.30. The topological polar surface area (TPSA) is 90.5 Å². The molecule has 0 saturated heterocycles. The fourth-order valence-corrected chi connectivity index (χ4v) is 2.99. The van der Waals surface area contributed by atoms with E-state index in [9.17, 15) is 9.59 Å². The number of para-hydroxylation sites is 1. The van der Waals surface area contributed by atoms with Crippen LogP contribution in [-0.4, -0.2) is 40.3 Å². The van der Waals surface area contributed by atoms with Crippen LogP contribution in [0.15, 0.2) is 34.9 Å². The Kier molecular flexibility index (Phi) is 5.75. The second-order valence-electron chi connectivity index (χ2n) is 6.16. The molecule has 8 heteroatoms. The maximum atomic E-state index is 12.6. The van der Waals surface area contributed by atoms with Crippen molar-refractivity contribution >= 4 is 28.8 Å². The van der Waals surface area contributed by atoms with Gasteiger partial charge in [0, 0.05) is 43.5 Å². The van der Waals surface area contributed by atoms with Crippen molar-refractivity contribution in [3.8, 4) is 12.3 Å². The molecule has 0 aliphatic heterocycles. The van der Waals surface area contributed by atoms with E-state index in [1.807, 2.05) is 42.1 Å². The van der Waals surface area contributed by atoms with Crippen LogP contribution >= 0.6 is 0 Å². The molecule has 0 atom stereocenters. The summed E-state index contributed by atoms with van der Waals surface area (Å²) in [5.41, 5.74) is 2.19. The van der Waals surface area contributed by atoms with Gasteiger partial charge in [-0.2, -0.15) is 0 Å². The van der Waals surface area contributed by atoms with Crippen LogP contribution in [-0.2, 0) is 23.0 Å². The summed E-state index contributed by atoms with van der Waals surface area (Å²) < 4.78 is 11.9. The highest BCUT2D eigenvalue weighted by Gasteiger charge is 2.24. The van der Waals surface area contributed by atoms with Gasteiger partial charge in [0.05, 0.1) is 7.11 Å². The first kappa shape index (κ1) is 19.2. The molecule has 3 rings (SSSR count). The molecule has 0 N–H and O–H groups in total. The minimum absolute atomic E-state index is 0.0531. The summed E-state index contributed by atoms with van der Waals surface area (Å²) in [5, 5.41) is 8.59. The number of aryl methyl sites for hydroxylation is 1. The zero-order valence-electron chi connectivity index (χ0n) is 15.7. The van der Waals surface area contributed by atoms with Crippen LogP contribution < -0.4 is 4.90 Å². The number of anilines is 1. The van der Waals surface area contributed by atoms with Gasteiger partial charge in [-0.05, 0) is 18.1 Å². The number of aromatic nitrogens is 3. The maximum absolute atomic E-state index is 12.6. The van der Waals surface area contributed by atoms with Gasteiger partial charge in [0.1, 0.15) is 0 Å². The Balaban J connectivity index is 1.84. The Morgan fingerprint density at radius 1 is 1.32 bits per heavy atom. The normalized spacial score (nSPS) is 10.6. The van der Waals surface area contributed by atoms with E-state index >= 15 is 0 Å². The van der Waals surface area contributed by atoms with Gasteiger partial charge < -0.3 is 13.7 Å². The van der Waals surface area contributed by atoms with Gasteiger partial charge in [0.15, 0.2) is 0 Å². The highest BCUT2D eigenvalue weighted by molar-refractivity contribution is 5.92. The molecule has 0 aliphatic rings. The molecule has 8 nitrogen and oxygen atoms in total. The molecule has 0 radical (unpaired) electrons. The van der Waals surface area contributed by atoms with Gasteiger partial charge in [-0.3, -0.25) is 9.69 Å². The maximum Gasteiger partial charge on any atom is 0.396 e. The molecular weight excluding hydrogens is 360 g/mol. The summed E-state index contributed by atoms with van der Waals surface area (Å²) in [6.45, 7) is 0.306. The van der Waals surface area contributed by atoms with Crippen molar-refractivity contribution in [3.05, 3.63) is 41.9 Å². The van der Waals surface area contributed by atoms with E-state index in [4.69, 9.17) is 10.8 Å². The Hall–Kier alpha value is -3.60. The van der Waals surface area contributed by atoms with Crippen molar-refractivity contribution in [1.29, 1.82) is 0 Å². The molecular formula is C20H20N4O4. The number of hydrogen-bond donors (Lipinski definition) is 0. The number of terminal acetylenes is 1. The third kappa shape index (κ3) is 3.88. The molecule has 0 saturated carbocycles. The summed E-state index contributed by atoms with van der Waals surface area (Å²) >= 11 is 0. The molecule has 3 aromatic rings. The lowest BCUT2D eigenvalue weighted by molar-refractivity contribution is -0.118. The van der Waals surface area contributed by atoms with Gasteiger partial charge in [-0.15, -0.1) is 12.3 Å². The zero-order chi connectivity index (χ0) is 20.1. The fourth-order valence-electron chi connectivity index (χ4n) is 2.99. The summed E-state index contributed by atoms with van der Waals surface area (Å²) in [5.74, 6) is 1.13. The molecule has 2 heterocycles. The highest BCUT2D eigenvalue weighted by atomic mass is 16.5. The minimum Gasteiger partial charge on any atom is -0.462 e. The van der Waals surface area contributed by atoms with Crippen LogP contribution in [0.3, 0.4) is 0 Å². The number of ether oxygens (including phenoxy) is 1. The summed E-state index contributed by atoms with van der Waals surface area (Å²) in [7, 11) is 3.19. The Labute approximate surface area is 162 Å². The molecule has 1 amide bonds. The van der Waals surface area contributed by atoms with Crippen molar-refractivity contribution in [1.82, 2.24) is 14.8 Å². The molecule has 144 valence electrons. The number of methoxy groups -OCH3 is 1. The number of rotatable bonds is 7. The van der Waals surface area contributed by atoms with E-state index in [0.717, 1.165) is 16.5 Å². The number of amides is 1. The van der Waals surface area contributed by atoms with Crippen molar-refractivity contribution < 1.29 is 18.7 Å². The van der Waals surface area contributed by atoms with Gasteiger partial charge in [-0.1, -0.05) is 28.4 Å². The molecule has 0 fully saturated rings. The lowest BCUT2D eigenvalue weighted by Crippen LogP contribution is -2.33. The Morgan fingerprint density at radius 2 is 2.11 bits per heavy atom. The van der Waals surface area contributed by atoms with E-state index in [0.29, 0.717) is 19.4 Å². The predicted octanol–water partition coefficient (Wildman–Crippen LogP) is 2.34. The average Bonchev–Trinajstić information content (AvgIpc) is 3.32. The molecule has 0 bridgehead atoms. The molecule has 0 aliphatic carbocycles. The number of esters is 1. The number of hydrogen-bond acceptors (Lipinski definition) is 6. The quantitative estimate of drug-likeness (QED) is 0.462. The predicted molar refractivity (Wildman–Crippen MR) is 103 cm³/mol. The van der Waals surface area contributed by atoms with Crippen LogP contribution in [0.1, 0.15) is 29.1 Å². The number of nitrogens with zero attached hydrogens (tertiary/aromatic N) is 4. The van der Waals surface area contributed by atoms with Gasteiger partial charge in [-0.25, -0.2) is 4.79 Å². The van der Waals surface area contributed by atoms with Crippen molar-refractivity contribution in [2.24, 2.45) is 7.05 Å². The van der Waals surface area contributed by atoms with Crippen LogP contribution in [0, 0.1) is 12.3 Å². The fraction of sp³-hybridized carbons (Fsp3) is 0.300. The van der Waals surface area contributed by atoms with Gasteiger partial charge in [0.25, 0.3) is 0 Å². The molecule has 0 spiro atoms. The van der Waals surface area contributed by atoms with Crippen molar-refractivity contribution in [2.45, 2.75) is 19.3 Å². The number of carbonyl (C=O) groups is 2. The van der Waals surface area contributed by atoms with E-state index < -0.39 is 5.97 Å². The zero-order valence-corrected chi connectivity index (χ0v) is 15.7. The smallest absolute Gasteiger partial charge is 0.396 e. The number of fused-ring (bicyclic) bond motifs is 1. The lowest BCUT2D eigenvalue weighted by Gasteiger charge is -2.17. The minimum atomic E-state index is -0.760. The first-order valence-corrected chi connectivity index (χ1v) is 8.73.